The van der Waals surface area contributed by atoms with Crippen molar-refractivity contribution in [3.05, 3.63) is 106 Å². The molecule has 0 radical (unpaired) electrons. The molecule has 1 aromatic heterocycles. The van der Waals surface area contributed by atoms with Gasteiger partial charge in [-0.1, -0.05) is 65.9 Å². The second kappa shape index (κ2) is 9.65. The molecule has 1 N–H and O–H groups in total. The van der Waals surface area contributed by atoms with Crippen molar-refractivity contribution in [1.82, 2.24) is 20.3 Å². The molecule has 32 heavy (non-hydrogen) atoms. The summed E-state index contributed by atoms with van der Waals surface area (Å²) < 4.78 is 6.25. The van der Waals surface area contributed by atoms with Crippen LogP contribution < -0.4 is 10.9 Å². The van der Waals surface area contributed by atoms with Crippen molar-refractivity contribution in [3.63, 3.8) is 0 Å². The molecule has 0 aliphatic carbocycles. The molecular weight excluding hydrogens is 408 g/mol. The first kappa shape index (κ1) is 20.9. The molecule has 0 fully saturated rings. The maximum atomic E-state index is 12.6. The van der Waals surface area contributed by atoms with Crippen LogP contribution in [0.5, 0.6) is 0 Å². The highest BCUT2D eigenvalue weighted by molar-refractivity contribution is 5.94. The summed E-state index contributed by atoms with van der Waals surface area (Å²) in [4.78, 5) is 37.7. The Morgan fingerprint density at radius 3 is 2.31 bits per heavy atom. The van der Waals surface area contributed by atoms with Gasteiger partial charge < -0.3 is 10.1 Å². The third kappa shape index (κ3) is 4.86. The first-order chi connectivity index (χ1) is 15.6. The van der Waals surface area contributed by atoms with Crippen molar-refractivity contribution in [1.29, 1.82) is 0 Å². The third-order valence-electron chi connectivity index (χ3n) is 4.89. The van der Waals surface area contributed by atoms with Crippen molar-refractivity contribution >= 4 is 22.8 Å². The number of carbonyl (C=O) groups is 2. The van der Waals surface area contributed by atoms with E-state index in [4.69, 9.17) is 4.74 Å². The van der Waals surface area contributed by atoms with Gasteiger partial charge in [0.25, 0.3) is 11.5 Å². The Morgan fingerprint density at radius 2 is 1.56 bits per heavy atom. The highest BCUT2D eigenvalue weighted by Crippen LogP contribution is 2.18. The molecule has 0 unspecified atom stereocenters. The minimum Gasteiger partial charge on any atom is -0.442 e. The van der Waals surface area contributed by atoms with Gasteiger partial charge in [0, 0.05) is 5.56 Å². The molecule has 1 amide bonds. The van der Waals surface area contributed by atoms with Crippen molar-refractivity contribution in [2.24, 2.45) is 0 Å². The second-order valence-electron chi connectivity index (χ2n) is 7.06. The van der Waals surface area contributed by atoms with Gasteiger partial charge in [-0.05, 0) is 29.8 Å². The molecule has 8 nitrogen and oxygen atoms in total. The van der Waals surface area contributed by atoms with E-state index in [1.807, 2.05) is 36.4 Å². The van der Waals surface area contributed by atoms with Crippen LogP contribution in [-0.4, -0.2) is 26.9 Å². The largest absolute Gasteiger partial charge is 0.442 e. The van der Waals surface area contributed by atoms with Crippen LogP contribution >= 0.6 is 0 Å². The van der Waals surface area contributed by atoms with Crippen molar-refractivity contribution in [3.8, 4) is 0 Å². The number of nitrogens with one attached hydrogen (secondary N) is 1. The predicted octanol–water partition coefficient (Wildman–Crippen LogP) is 2.85. The van der Waals surface area contributed by atoms with Crippen molar-refractivity contribution in [2.45, 2.75) is 19.2 Å². The Kier molecular flexibility index (Phi) is 6.31. The summed E-state index contributed by atoms with van der Waals surface area (Å²) in [5, 5.41) is 11.0. The van der Waals surface area contributed by atoms with Gasteiger partial charge in [0.05, 0.1) is 17.8 Å². The Morgan fingerprint density at radius 1 is 0.906 bits per heavy atom. The van der Waals surface area contributed by atoms with Gasteiger partial charge >= 0.3 is 5.97 Å². The van der Waals surface area contributed by atoms with Crippen LogP contribution in [0.2, 0.25) is 0 Å². The number of hydrogen-bond acceptors (Lipinski definition) is 6. The molecule has 0 aliphatic heterocycles. The summed E-state index contributed by atoms with van der Waals surface area (Å²) in [6.07, 6.45) is -0.113. The zero-order valence-corrected chi connectivity index (χ0v) is 17.0. The summed E-state index contributed by atoms with van der Waals surface area (Å²) in [5.41, 5.74) is 1.31. The number of amides is 1. The Hall–Kier alpha value is -4.33. The topological polar surface area (TPSA) is 103 Å². The second-order valence-corrected chi connectivity index (χ2v) is 7.06. The zero-order chi connectivity index (χ0) is 22.3. The molecule has 8 heteroatoms. The monoisotopic (exact) mass is 428 g/mol. The summed E-state index contributed by atoms with van der Waals surface area (Å²) in [6.45, 7) is -0.371. The number of ether oxygens (including phenoxy) is 1. The molecule has 0 spiro atoms. The Labute approximate surface area is 183 Å². The van der Waals surface area contributed by atoms with Crippen LogP contribution in [0.15, 0.2) is 89.7 Å². The van der Waals surface area contributed by atoms with Gasteiger partial charge in [0.15, 0.2) is 6.73 Å². The summed E-state index contributed by atoms with van der Waals surface area (Å²) in [7, 11) is 0. The van der Waals surface area contributed by atoms with Gasteiger partial charge in [0.2, 0.25) is 0 Å². The van der Waals surface area contributed by atoms with E-state index in [0.29, 0.717) is 16.5 Å². The quantitative estimate of drug-likeness (QED) is 0.454. The average Bonchev–Trinajstić information content (AvgIpc) is 2.84. The van der Waals surface area contributed by atoms with E-state index in [2.05, 4.69) is 15.6 Å². The summed E-state index contributed by atoms with van der Waals surface area (Å²) in [5.74, 6) is -0.891. The molecule has 160 valence electrons. The van der Waals surface area contributed by atoms with E-state index in [1.54, 1.807) is 48.5 Å². The molecule has 4 rings (SSSR count). The molecule has 3 aromatic carbocycles. The fraction of sp³-hybridized carbons (Fsp3) is 0.125. The van der Waals surface area contributed by atoms with Crippen LogP contribution in [0, 0.1) is 0 Å². The van der Waals surface area contributed by atoms with E-state index in [9.17, 15) is 14.4 Å². The van der Waals surface area contributed by atoms with E-state index < -0.39 is 17.6 Å². The molecule has 0 saturated carbocycles. The summed E-state index contributed by atoms with van der Waals surface area (Å²) >= 11 is 0. The number of benzene rings is 3. The van der Waals surface area contributed by atoms with Crippen LogP contribution in [0.1, 0.15) is 28.4 Å². The maximum Gasteiger partial charge on any atom is 0.310 e. The minimum atomic E-state index is -0.601. The van der Waals surface area contributed by atoms with E-state index >= 15 is 0 Å². The normalized spacial score (nSPS) is 11.6. The predicted molar refractivity (Wildman–Crippen MR) is 118 cm³/mol. The molecule has 0 saturated heterocycles. The summed E-state index contributed by atoms with van der Waals surface area (Å²) in [6, 6.07) is 24.1. The smallest absolute Gasteiger partial charge is 0.310 e. The molecule has 4 aromatic rings. The molecule has 1 atom stereocenters. The maximum absolute atomic E-state index is 12.6. The van der Waals surface area contributed by atoms with Gasteiger partial charge in [-0.2, -0.15) is 4.68 Å². The lowest BCUT2D eigenvalue weighted by Crippen LogP contribution is -2.31. The first-order valence-electron chi connectivity index (χ1n) is 10.0. The SMILES string of the molecule is O=C(C[C@@H](NC(=O)c1ccccc1)c1ccccc1)OCn1nnc2ccccc2c1=O. The van der Waals surface area contributed by atoms with E-state index in [-0.39, 0.29) is 19.1 Å². The fourth-order valence-corrected chi connectivity index (χ4v) is 3.24. The number of rotatable bonds is 7. The highest BCUT2D eigenvalue weighted by Gasteiger charge is 2.20. The Bertz CT molecular complexity index is 1290. The third-order valence-corrected chi connectivity index (χ3v) is 4.89. The number of aromatic nitrogens is 3. The van der Waals surface area contributed by atoms with Crippen LogP contribution in [0.25, 0.3) is 10.9 Å². The number of hydrogen-bond donors (Lipinski definition) is 1. The van der Waals surface area contributed by atoms with Gasteiger partial charge in [-0.15, -0.1) is 5.10 Å². The number of fused-ring (bicyclic) bond motifs is 1. The van der Waals surface area contributed by atoms with E-state index in [1.165, 1.54) is 0 Å². The zero-order valence-electron chi connectivity index (χ0n) is 17.0. The average molecular weight is 428 g/mol. The Balaban J connectivity index is 1.46. The van der Waals surface area contributed by atoms with Crippen LogP contribution in [0.4, 0.5) is 0 Å². The number of esters is 1. The number of nitrogens with zero attached hydrogens (tertiary/aromatic N) is 3. The minimum absolute atomic E-state index is 0.113. The van der Waals surface area contributed by atoms with Gasteiger partial charge in [-0.3, -0.25) is 14.4 Å². The van der Waals surface area contributed by atoms with Crippen LogP contribution in [0.3, 0.4) is 0 Å². The van der Waals surface area contributed by atoms with Crippen molar-refractivity contribution < 1.29 is 14.3 Å². The van der Waals surface area contributed by atoms with Gasteiger partial charge in [0.1, 0.15) is 5.52 Å². The first-order valence-corrected chi connectivity index (χ1v) is 10.0. The number of carbonyl (C=O) groups excluding carboxylic acids is 2. The van der Waals surface area contributed by atoms with Crippen LogP contribution in [-0.2, 0) is 16.3 Å². The van der Waals surface area contributed by atoms with Gasteiger partial charge in [-0.25, -0.2) is 0 Å². The van der Waals surface area contributed by atoms with Crippen molar-refractivity contribution in [2.75, 3.05) is 0 Å². The highest BCUT2D eigenvalue weighted by atomic mass is 16.5. The van der Waals surface area contributed by atoms with E-state index in [0.717, 1.165) is 10.2 Å². The molecule has 0 bridgehead atoms. The fourth-order valence-electron chi connectivity index (χ4n) is 3.24. The molecule has 0 aliphatic rings. The molecular formula is C24H20N4O4. The molecule has 1 heterocycles. The lowest BCUT2D eigenvalue weighted by molar-refractivity contribution is -0.148. The standard InChI is InChI=1S/C24H20N4O4/c29-22(32-16-28-24(31)19-13-7-8-14-20(19)26-27-28)15-21(17-9-3-1-4-10-17)25-23(30)18-11-5-2-6-12-18/h1-14,21H,15-16H2,(H,25,30)/t21-/m1/s1. The lowest BCUT2D eigenvalue weighted by Gasteiger charge is -2.19. The lowest BCUT2D eigenvalue weighted by atomic mass is 10.0.